The number of benzene rings is 1. The molecule has 17 heavy (non-hydrogen) atoms. The molecule has 0 spiro atoms. The van der Waals surface area contributed by atoms with Crippen molar-refractivity contribution in [2.45, 2.75) is 33.6 Å². The highest BCUT2D eigenvalue weighted by atomic mass is 16.5. The molecule has 1 aromatic carbocycles. The third-order valence-electron chi connectivity index (χ3n) is 3.10. The molecule has 2 nitrogen and oxygen atoms in total. The zero-order valence-corrected chi connectivity index (χ0v) is 11.2. The van der Waals surface area contributed by atoms with Crippen LogP contribution < -0.4 is 4.74 Å². The van der Waals surface area contributed by atoms with Crippen molar-refractivity contribution in [3.63, 3.8) is 0 Å². The Morgan fingerprint density at radius 1 is 1.12 bits per heavy atom. The largest absolute Gasteiger partial charge is 0.495 e. The van der Waals surface area contributed by atoms with Crippen LogP contribution in [-0.2, 0) is 0 Å². The Balaban J connectivity index is 2.81. The van der Waals surface area contributed by atoms with Gasteiger partial charge >= 0.3 is 0 Å². The van der Waals surface area contributed by atoms with Crippen molar-refractivity contribution in [2.75, 3.05) is 7.11 Å². The monoisotopic (exact) mass is 229 g/mol. The molecule has 0 amide bonds. The number of fused-ring (bicyclic) bond motifs is 1. The summed E-state index contributed by atoms with van der Waals surface area (Å²) in [4.78, 5) is 4.63. The van der Waals surface area contributed by atoms with E-state index in [0.29, 0.717) is 5.92 Å². The molecule has 0 N–H and O–H groups in total. The molecular weight excluding hydrogens is 210 g/mol. The molecule has 0 saturated heterocycles. The van der Waals surface area contributed by atoms with Crippen molar-refractivity contribution in [3.05, 3.63) is 35.0 Å². The summed E-state index contributed by atoms with van der Waals surface area (Å²) in [6, 6.07) is 6.48. The minimum absolute atomic E-state index is 0.492. The van der Waals surface area contributed by atoms with Crippen LogP contribution in [0.4, 0.5) is 0 Å². The SMILES string of the molecule is COc1cc2c(C(C)C)cc(C)cc2nc1C. The lowest BCUT2D eigenvalue weighted by Crippen LogP contribution is -1.96. The minimum atomic E-state index is 0.492. The lowest BCUT2D eigenvalue weighted by Gasteiger charge is -2.13. The van der Waals surface area contributed by atoms with Crippen molar-refractivity contribution < 1.29 is 4.74 Å². The van der Waals surface area contributed by atoms with Crippen LogP contribution in [0.15, 0.2) is 18.2 Å². The zero-order valence-electron chi connectivity index (χ0n) is 11.2. The lowest BCUT2D eigenvalue weighted by molar-refractivity contribution is 0.410. The van der Waals surface area contributed by atoms with Crippen molar-refractivity contribution in [2.24, 2.45) is 0 Å². The number of hydrogen-bond acceptors (Lipinski definition) is 2. The van der Waals surface area contributed by atoms with E-state index in [-0.39, 0.29) is 0 Å². The quantitative estimate of drug-likeness (QED) is 0.777. The molecule has 2 heteroatoms. The summed E-state index contributed by atoms with van der Waals surface area (Å²) in [6.45, 7) is 8.52. The average molecular weight is 229 g/mol. The van der Waals surface area contributed by atoms with Gasteiger partial charge in [-0.1, -0.05) is 19.9 Å². The highest BCUT2D eigenvalue weighted by Crippen LogP contribution is 2.30. The predicted molar refractivity (Wildman–Crippen MR) is 71.9 cm³/mol. The Morgan fingerprint density at radius 2 is 1.82 bits per heavy atom. The van der Waals surface area contributed by atoms with Crippen LogP contribution in [0, 0.1) is 13.8 Å². The summed E-state index contributed by atoms with van der Waals surface area (Å²) < 4.78 is 5.36. The predicted octanol–water partition coefficient (Wildman–Crippen LogP) is 3.98. The fourth-order valence-electron chi connectivity index (χ4n) is 2.21. The van der Waals surface area contributed by atoms with Crippen LogP contribution in [0.2, 0.25) is 0 Å². The Bertz CT molecular complexity index is 558. The maximum Gasteiger partial charge on any atom is 0.140 e. The molecule has 0 aliphatic carbocycles. The first-order valence-electron chi connectivity index (χ1n) is 5.99. The summed E-state index contributed by atoms with van der Waals surface area (Å²) in [7, 11) is 1.69. The van der Waals surface area contributed by atoms with E-state index in [1.54, 1.807) is 7.11 Å². The Labute approximate surface area is 103 Å². The molecular formula is C15H19NO. The first-order chi connectivity index (χ1) is 8.02. The molecule has 0 saturated carbocycles. The third kappa shape index (κ3) is 2.12. The van der Waals surface area contributed by atoms with E-state index in [2.05, 4.69) is 44.0 Å². The first kappa shape index (κ1) is 11.9. The second kappa shape index (κ2) is 4.36. The molecule has 2 rings (SSSR count). The molecule has 0 fully saturated rings. The highest BCUT2D eigenvalue weighted by Gasteiger charge is 2.10. The molecule has 1 heterocycles. The van der Waals surface area contributed by atoms with Crippen molar-refractivity contribution in [1.29, 1.82) is 0 Å². The summed E-state index contributed by atoms with van der Waals surface area (Å²) in [5.41, 5.74) is 4.61. The number of aromatic nitrogens is 1. The fraction of sp³-hybridized carbons (Fsp3) is 0.400. The van der Waals surface area contributed by atoms with Gasteiger partial charge in [-0.3, -0.25) is 0 Å². The molecule has 2 aromatic rings. The fourth-order valence-corrected chi connectivity index (χ4v) is 2.21. The summed E-state index contributed by atoms with van der Waals surface area (Å²) >= 11 is 0. The molecule has 0 aliphatic heterocycles. The van der Waals surface area contributed by atoms with Gasteiger partial charge < -0.3 is 4.74 Å². The number of methoxy groups -OCH3 is 1. The highest BCUT2D eigenvalue weighted by molar-refractivity contribution is 5.85. The molecule has 90 valence electrons. The number of ether oxygens (including phenoxy) is 1. The van der Waals surface area contributed by atoms with E-state index in [1.165, 1.54) is 16.5 Å². The third-order valence-corrected chi connectivity index (χ3v) is 3.10. The van der Waals surface area contributed by atoms with Crippen LogP contribution in [0.1, 0.15) is 36.6 Å². The molecule has 1 aromatic heterocycles. The van der Waals surface area contributed by atoms with E-state index < -0.39 is 0 Å². The smallest absolute Gasteiger partial charge is 0.140 e. The van der Waals surface area contributed by atoms with Gasteiger partial charge in [0, 0.05) is 5.39 Å². The molecule has 0 unspecified atom stereocenters. The van der Waals surface area contributed by atoms with E-state index in [0.717, 1.165) is 17.0 Å². The van der Waals surface area contributed by atoms with Gasteiger partial charge in [-0.25, -0.2) is 4.98 Å². The van der Waals surface area contributed by atoms with Crippen LogP contribution in [-0.4, -0.2) is 12.1 Å². The van der Waals surface area contributed by atoms with Crippen LogP contribution >= 0.6 is 0 Å². The summed E-state index contributed by atoms with van der Waals surface area (Å²) in [6.07, 6.45) is 0. The van der Waals surface area contributed by atoms with Gasteiger partial charge in [0.2, 0.25) is 0 Å². The molecule has 0 aliphatic rings. The van der Waals surface area contributed by atoms with Gasteiger partial charge in [0.15, 0.2) is 0 Å². The lowest BCUT2D eigenvalue weighted by atomic mass is 9.96. The number of hydrogen-bond donors (Lipinski definition) is 0. The van der Waals surface area contributed by atoms with Gasteiger partial charge in [0.25, 0.3) is 0 Å². The topological polar surface area (TPSA) is 22.1 Å². The second-order valence-electron chi connectivity index (χ2n) is 4.85. The van der Waals surface area contributed by atoms with E-state index in [4.69, 9.17) is 4.74 Å². The van der Waals surface area contributed by atoms with Gasteiger partial charge in [0.1, 0.15) is 5.75 Å². The van der Waals surface area contributed by atoms with Crippen molar-refractivity contribution in [1.82, 2.24) is 4.98 Å². The van der Waals surface area contributed by atoms with Crippen molar-refractivity contribution in [3.8, 4) is 5.75 Å². The maximum absolute atomic E-state index is 5.36. The first-order valence-corrected chi connectivity index (χ1v) is 5.99. The van der Waals surface area contributed by atoms with Gasteiger partial charge in [-0.2, -0.15) is 0 Å². The summed E-state index contributed by atoms with van der Waals surface area (Å²) in [5, 5.41) is 1.20. The van der Waals surface area contributed by atoms with Crippen LogP contribution in [0.3, 0.4) is 0 Å². The molecule has 0 atom stereocenters. The van der Waals surface area contributed by atoms with E-state index in [9.17, 15) is 0 Å². The Morgan fingerprint density at radius 3 is 2.41 bits per heavy atom. The van der Waals surface area contributed by atoms with Gasteiger partial charge in [-0.15, -0.1) is 0 Å². The average Bonchev–Trinajstić information content (AvgIpc) is 2.26. The maximum atomic E-state index is 5.36. The van der Waals surface area contributed by atoms with Crippen molar-refractivity contribution >= 4 is 10.9 Å². The van der Waals surface area contributed by atoms with Crippen LogP contribution in [0.25, 0.3) is 10.9 Å². The summed E-state index contributed by atoms with van der Waals surface area (Å²) in [5.74, 6) is 1.36. The van der Waals surface area contributed by atoms with E-state index >= 15 is 0 Å². The number of aryl methyl sites for hydroxylation is 2. The number of nitrogens with zero attached hydrogens (tertiary/aromatic N) is 1. The second-order valence-corrected chi connectivity index (χ2v) is 4.85. The van der Waals surface area contributed by atoms with Crippen LogP contribution in [0.5, 0.6) is 5.75 Å². The zero-order chi connectivity index (χ0) is 12.6. The molecule has 0 bridgehead atoms. The normalized spacial score (nSPS) is 11.2. The standard InChI is InChI=1S/C15H19NO/c1-9(2)12-6-10(3)7-14-13(12)8-15(17-5)11(4)16-14/h6-9H,1-5H3. The van der Waals surface area contributed by atoms with Gasteiger partial charge in [-0.05, 0) is 43.0 Å². The number of pyridine rings is 1. The number of rotatable bonds is 2. The Hall–Kier alpha value is -1.57. The minimum Gasteiger partial charge on any atom is -0.495 e. The Kier molecular flexibility index (Phi) is 3.05. The molecule has 0 radical (unpaired) electrons. The van der Waals surface area contributed by atoms with E-state index in [1.807, 2.05) is 6.92 Å². The van der Waals surface area contributed by atoms with Gasteiger partial charge in [0.05, 0.1) is 18.3 Å².